The minimum Gasteiger partial charge on any atom is -0.383 e. The van der Waals surface area contributed by atoms with Gasteiger partial charge >= 0.3 is 0 Å². The third kappa shape index (κ3) is 3.36. The topological polar surface area (TPSA) is 58.6 Å². The molecule has 1 atom stereocenters. The molecule has 5 heteroatoms. The van der Waals surface area contributed by atoms with Crippen molar-refractivity contribution in [3.63, 3.8) is 0 Å². The van der Waals surface area contributed by atoms with E-state index < -0.39 is 0 Å². The molecule has 0 radical (unpaired) electrons. The number of carbonyl (C=O) groups is 2. The maximum atomic E-state index is 11.7. The zero-order chi connectivity index (χ0) is 14.5. The molecule has 0 aromatic heterocycles. The number of rotatable bonds is 6. The lowest BCUT2D eigenvalue weighted by Gasteiger charge is -2.20. The highest BCUT2D eigenvalue weighted by Crippen LogP contribution is 2.22. The summed E-state index contributed by atoms with van der Waals surface area (Å²) >= 11 is 0. The summed E-state index contributed by atoms with van der Waals surface area (Å²) in [4.78, 5) is 24.7. The molecular weight excluding hydrogens is 256 g/mol. The molecule has 1 aliphatic rings. The summed E-state index contributed by atoms with van der Waals surface area (Å²) in [5.74, 6) is -0.176. The lowest BCUT2D eigenvalue weighted by molar-refractivity contribution is -0.139. The van der Waals surface area contributed by atoms with Gasteiger partial charge in [-0.05, 0) is 18.6 Å². The van der Waals surface area contributed by atoms with Gasteiger partial charge in [0.05, 0.1) is 13.2 Å². The Hall–Kier alpha value is -1.88. The van der Waals surface area contributed by atoms with E-state index in [0.29, 0.717) is 26.0 Å². The monoisotopic (exact) mass is 276 g/mol. The van der Waals surface area contributed by atoms with Gasteiger partial charge in [0.2, 0.25) is 11.8 Å². The van der Waals surface area contributed by atoms with Crippen LogP contribution in [0, 0.1) is 0 Å². The van der Waals surface area contributed by atoms with Crippen LogP contribution in [-0.4, -0.2) is 36.5 Å². The summed E-state index contributed by atoms with van der Waals surface area (Å²) in [6.45, 7) is 2.95. The van der Waals surface area contributed by atoms with Crippen molar-refractivity contribution in [1.29, 1.82) is 0 Å². The van der Waals surface area contributed by atoms with Gasteiger partial charge in [-0.3, -0.25) is 14.5 Å². The summed E-state index contributed by atoms with van der Waals surface area (Å²) in [6, 6.07) is 7.88. The lowest BCUT2D eigenvalue weighted by atomic mass is 10.1. The van der Waals surface area contributed by atoms with E-state index in [9.17, 15) is 9.59 Å². The number of amides is 2. The molecule has 108 valence electrons. The Labute approximate surface area is 118 Å². The second-order valence-corrected chi connectivity index (χ2v) is 5.03. The van der Waals surface area contributed by atoms with Crippen molar-refractivity contribution in [1.82, 2.24) is 4.90 Å². The van der Waals surface area contributed by atoms with E-state index in [-0.39, 0.29) is 17.9 Å². The zero-order valence-electron chi connectivity index (χ0n) is 11.9. The largest absolute Gasteiger partial charge is 0.383 e. The fraction of sp³-hybridized carbons (Fsp3) is 0.467. The summed E-state index contributed by atoms with van der Waals surface area (Å²) in [5.41, 5.74) is 1.88. The SMILES string of the molecule is COC[C@H](C)Nc1ccccc1CN1C(=O)CCC1=O. The van der Waals surface area contributed by atoms with E-state index in [1.807, 2.05) is 31.2 Å². The minimum atomic E-state index is -0.0882. The van der Waals surface area contributed by atoms with Crippen molar-refractivity contribution in [2.75, 3.05) is 19.0 Å². The first-order chi connectivity index (χ1) is 9.61. The molecule has 1 aliphatic heterocycles. The van der Waals surface area contributed by atoms with Crippen LogP contribution in [0.5, 0.6) is 0 Å². The van der Waals surface area contributed by atoms with Gasteiger partial charge in [0.15, 0.2) is 0 Å². The smallest absolute Gasteiger partial charge is 0.229 e. The first-order valence-corrected chi connectivity index (χ1v) is 6.78. The molecule has 2 rings (SSSR count). The Kier molecular flexibility index (Phi) is 4.74. The van der Waals surface area contributed by atoms with Crippen LogP contribution in [0.15, 0.2) is 24.3 Å². The third-order valence-corrected chi connectivity index (χ3v) is 3.32. The zero-order valence-corrected chi connectivity index (χ0v) is 11.9. The Bertz CT molecular complexity index is 486. The van der Waals surface area contributed by atoms with Crippen LogP contribution in [0.2, 0.25) is 0 Å². The highest BCUT2D eigenvalue weighted by Gasteiger charge is 2.29. The molecule has 1 N–H and O–H groups in total. The van der Waals surface area contributed by atoms with E-state index in [0.717, 1.165) is 11.3 Å². The highest BCUT2D eigenvalue weighted by molar-refractivity contribution is 6.01. The number of hydrogen-bond acceptors (Lipinski definition) is 4. The molecular formula is C15H20N2O3. The average Bonchev–Trinajstić information content (AvgIpc) is 2.73. The average molecular weight is 276 g/mol. The summed E-state index contributed by atoms with van der Waals surface area (Å²) < 4.78 is 5.10. The Balaban J connectivity index is 2.11. The molecule has 1 fully saturated rings. The highest BCUT2D eigenvalue weighted by atomic mass is 16.5. The Morgan fingerprint density at radius 1 is 1.25 bits per heavy atom. The number of hydrogen-bond donors (Lipinski definition) is 1. The predicted molar refractivity (Wildman–Crippen MR) is 76.2 cm³/mol. The standard InChI is InChI=1S/C15H20N2O3/c1-11(10-20-2)16-13-6-4-3-5-12(13)9-17-14(18)7-8-15(17)19/h3-6,11,16H,7-10H2,1-2H3/t11-/m0/s1. The third-order valence-electron chi connectivity index (χ3n) is 3.32. The summed E-state index contributed by atoms with van der Waals surface area (Å²) in [7, 11) is 1.66. The van der Waals surface area contributed by atoms with Gasteiger partial charge in [-0.2, -0.15) is 0 Å². The second-order valence-electron chi connectivity index (χ2n) is 5.03. The first kappa shape index (κ1) is 14.5. The number of imide groups is 1. The number of para-hydroxylation sites is 1. The maximum absolute atomic E-state index is 11.7. The number of likely N-dealkylation sites (tertiary alicyclic amines) is 1. The second kappa shape index (κ2) is 6.52. The molecule has 0 spiro atoms. The van der Waals surface area contributed by atoms with Gasteiger partial charge in [0.1, 0.15) is 0 Å². The molecule has 5 nitrogen and oxygen atoms in total. The van der Waals surface area contributed by atoms with Crippen LogP contribution in [-0.2, 0) is 20.9 Å². The van der Waals surface area contributed by atoms with Crippen LogP contribution in [0.1, 0.15) is 25.3 Å². The number of carbonyl (C=O) groups excluding carboxylic acids is 2. The summed E-state index contributed by atoms with van der Waals surface area (Å²) in [6.07, 6.45) is 0.656. The van der Waals surface area contributed by atoms with Crippen LogP contribution in [0.3, 0.4) is 0 Å². The molecule has 2 amide bonds. The number of ether oxygens (including phenoxy) is 1. The fourth-order valence-corrected chi connectivity index (χ4v) is 2.33. The van der Waals surface area contributed by atoms with Crippen molar-refractivity contribution >= 4 is 17.5 Å². The first-order valence-electron chi connectivity index (χ1n) is 6.78. The Morgan fingerprint density at radius 2 is 1.90 bits per heavy atom. The molecule has 1 heterocycles. The number of benzene rings is 1. The summed E-state index contributed by atoms with van der Waals surface area (Å²) in [5, 5.41) is 3.34. The molecule has 0 unspecified atom stereocenters. The molecule has 0 aliphatic carbocycles. The molecule has 20 heavy (non-hydrogen) atoms. The van der Waals surface area contributed by atoms with E-state index in [4.69, 9.17) is 4.74 Å². The maximum Gasteiger partial charge on any atom is 0.229 e. The Morgan fingerprint density at radius 3 is 2.55 bits per heavy atom. The molecule has 1 saturated heterocycles. The van der Waals surface area contributed by atoms with Crippen molar-refractivity contribution < 1.29 is 14.3 Å². The van der Waals surface area contributed by atoms with Crippen LogP contribution < -0.4 is 5.32 Å². The number of nitrogens with zero attached hydrogens (tertiary/aromatic N) is 1. The normalized spacial score (nSPS) is 16.6. The van der Waals surface area contributed by atoms with Gasteiger partial charge in [-0.1, -0.05) is 18.2 Å². The van der Waals surface area contributed by atoms with Crippen molar-refractivity contribution in [3.8, 4) is 0 Å². The van der Waals surface area contributed by atoms with E-state index >= 15 is 0 Å². The van der Waals surface area contributed by atoms with Gasteiger partial charge < -0.3 is 10.1 Å². The molecule has 1 aromatic carbocycles. The number of nitrogens with one attached hydrogen (secondary N) is 1. The van der Waals surface area contributed by atoms with Crippen molar-refractivity contribution in [2.24, 2.45) is 0 Å². The number of methoxy groups -OCH3 is 1. The van der Waals surface area contributed by atoms with Crippen molar-refractivity contribution in [3.05, 3.63) is 29.8 Å². The van der Waals surface area contributed by atoms with E-state index in [1.54, 1.807) is 7.11 Å². The quantitative estimate of drug-likeness (QED) is 0.805. The van der Waals surface area contributed by atoms with E-state index in [1.165, 1.54) is 4.90 Å². The van der Waals surface area contributed by atoms with Gasteiger partial charge in [0, 0.05) is 31.7 Å². The van der Waals surface area contributed by atoms with Crippen LogP contribution >= 0.6 is 0 Å². The van der Waals surface area contributed by atoms with Crippen LogP contribution in [0.25, 0.3) is 0 Å². The van der Waals surface area contributed by atoms with Gasteiger partial charge in [0.25, 0.3) is 0 Å². The predicted octanol–water partition coefficient (Wildman–Crippen LogP) is 1.78. The van der Waals surface area contributed by atoms with Gasteiger partial charge in [-0.25, -0.2) is 0 Å². The van der Waals surface area contributed by atoms with Crippen LogP contribution in [0.4, 0.5) is 5.69 Å². The molecule has 0 bridgehead atoms. The van der Waals surface area contributed by atoms with Gasteiger partial charge in [-0.15, -0.1) is 0 Å². The van der Waals surface area contributed by atoms with E-state index in [2.05, 4.69) is 5.32 Å². The molecule has 1 aromatic rings. The minimum absolute atomic E-state index is 0.0882. The number of anilines is 1. The molecule has 0 saturated carbocycles. The lowest BCUT2D eigenvalue weighted by Crippen LogP contribution is -2.29. The van der Waals surface area contributed by atoms with Crippen molar-refractivity contribution in [2.45, 2.75) is 32.4 Å². The fourth-order valence-electron chi connectivity index (χ4n) is 2.33.